The van der Waals surface area contributed by atoms with Crippen molar-refractivity contribution in [2.24, 2.45) is 21.9 Å². The van der Waals surface area contributed by atoms with E-state index in [1.807, 2.05) is 0 Å². The lowest BCUT2D eigenvalue weighted by atomic mass is 9.67. The molecule has 2 rings (SSSR count). The van der Waals surface area contributed by atoms with Crippen molar-refractivity contribution in [1.82, 2.24) is 0 Å². The van der Waals surface area contributed by atoms with E-state index < -0.39 is 0 Å². The highest BCUT2D eigenvalue weighted by atomic mass is 16.4. The van der Waals surface area contributed by atoms with Gasteiger partial charge in [-0.2, -0.15) is 5.26 Å². The van der Waals surface area contributed by atoms with Gasteiger partial charge in [0, 0.05) is 11.8 Å². The van der Waals surface area contributed by atoms with Crippen LogP contribution in [0.3, 0.4) is 0 Å². The van der Waals surface area contributed by atoms with E-state index in [2.05, 4.69) is 25.1 Å². The summed E-state index contributed by atoms with van der Waals surface area (Å²) in [6.07, 6.45) is 3.70. The van der Waals surface area contributed by atoms with Crippen molar-refractivity contribution in [3.63, 3.8) is 0 Å². The maximum atomic E-state index is 8.96. The molecule has 3 atom stereocenters. The van der Waals surface area contributed by atoms with Crippen LogP contribution in [0.25, 0.3) is 0 Å². The van der Waals surface area contributed by atoms with E-state index in [1.165, 1.54) is 6.42 Å². The van der Waals surface area contributed by atoms with Crippen molar-refractivity contribution in [2.75, 3.05) is 0 Å². The predicted octanol–water partition coefficient (Wildman–Crippen LogP) is 2.56. The molecule has 0 radical (unpaired) electrons. The van der Waals surface area contributed by atoms with E-state index in [4.69, 9.17) is 10.5 Å². The minimum atomic E-state index is -0.0395. The average Bonchev–Trinajstić information content (AvgIpc) is 2.51. The van der Waals surface area contributed by atoms with Gasteiger partial charge in [0.05, 0.1) is 11.8 Å². The summed E-state index contributed by atoms with van der Waals surface area (Å²) in [5.74, 6) is 0.540. The van der Waals surface area contributed by atoms with Gasteiger partial charge in [-0.15, -0.1) is 0 Å². The first kappa shape index (κ1) is 9.51. The van der Waals surface area contributed by atoms with Crippen molar-refractivity contribution in [3.8, 4) is 6.07 Å². The lowest BCUT2D eigenvalue weighted by molar-refractivity contribution is 0.168. The molecule has 0 amide bonds. The quantitative estimate of drug-likeness (QED) is 0.512. The molecule has 2 aliphatic carbocycles. The van der Waals surface area contributed by atoms with Crippen LogP contribution in [0.2, 0.25) is 0 Å². The topological polar surface area (TPSA) is 56.4 Å². The lowest BCUT2D eigenvalue weighted by Gasteiger charge is -2.35. The van der Waals surface area contributed by atoms with Crippen molar-refractivity contribution in [1.29, 1.82) is 5.26 Å². The Morgan fingerprint density at radius 3 is 2.86 bits per heavy atom. The van der Waals surface area contributed by atoms with Gasteiger partial charge in [-0.3, -0.25) is 0 Å². The number of fused-ring (bicyclic) bond motifs is 2. The molecule has 0 aromatic carbocycles. The fourth-order valence-electron chi connectivity index (χ4n) is 3.43. The molecule has 76 valence electrons. The third-order valence-corrected chi connectivity index (χ3v) is 4.80. The van der Waals surface area contributed by atoms with Crippen LogP contribution in [0.15, 0.2) is 5.16 Å². The Morgan fingerprint density at radius 1 is 1.64 bits per heavy atom. The van der Waals surface area contributed by atoms with Gasteiger partial charge in [0.25, 0.3) is 0 Å². The Hall–Kier alpha value is -1.04. The smallest absolute Gasteiger partial charge is 0.0638 e. The van der Waals surface area contributed by atoms with Crippen LogP contribution < -0.4 is 0 Å². The first-order chi connectivity index (χ1) is 6.58. The first-order valence-corrected chi connectivity index (χ1v) is 5.17. The van der Waals surface area contributed by atoms with Gasteiger partial charge in [-0.25, -0.2) is 0 Å². The zero-order valence-corrected chi connectivity index (χ0v) is 8.75. The predicted molar refractivity (Wildman–Crippen MR) is 53.0 cm³/mol. The molecule has 2 fully saturated rings. The summed E-state index contributed by atoms with van der Waals surface area (Å²) in [6, 6.07) is 2.28. The zero-order chi connectivity index (χ0) is 10.4. The summed E-state index contributed by atoms with van der Waals surface area (Å²) in [7, 11) is 0. The number of nitrogens with zero attached hydrogens (tertiary/aromatic N) is 2. The Bertz CT molecular complexity index is 331. The lowest BCUT2D eigenvalue weighted by Crippen LogP contribution is -2.34. The molecule has 1 N–H and O–H groups in total. The van der Waals surface area contributed by atoms with Crippen molar-refractivity contribution in [2.45, 2.75) is 39.5 Å². The minimum Gasteiger partial charge on any atom is -0.411 e. The fraction of sp³-hybridized carbons (Fsp3) is 0.818. The van der Waals surface area contributed by atoms with Gasteiger partial charge >= 0.3 is 0 Å². The number of nitriles is 1. The third kappa shape index (κ3) is 0.841. The molecule has 2 aliphatic rings. The fourth-order valence-corrected chi connectivity index (χ4v) is 3.43. The molecular weight excluding hydrogens is 176 g/mol. The number of rotatable bonds is 1. The van der Waals surface area contributed by atoms with Crippen molar-refractivity contribution >= 4 is 5.71 Å². The van der Waals surface area contributed by atoms with Gasteiger partial charge < -0.3 is 5.21 Å². The van der Waals surface area contributed by atoms with Gasteiger partial charge in [0.1, 0.15) is 0 Å². The van der Waals surface area contributed by atoms with Crippen molar-refractivity contribution < 1.29 is 5.21 Å². The summed E-state index contributed by atoms with van der Waals surface area (Å²) in [5.41, 5.74) is 0.900. The molecule has 3 heteroatoms. The van der Waals surface area contributed by atoms with Crippen LogP contribution in [-0.2, 0) is 0 Å². The average molecular weight is 192 g/mol. The summed E-state index contributed by atoms with van der Waals surface area (Å²) >= 11 is 0. The summed E-state index contributed by atoms with van der Waals surface area (Å²) < 4.78 is 0. The Balaban J connectivity index is 2.43. The zero-order valence-electron chi connectivity index (χ0n) is 8.75. The van der Waals surface area contributed by atoms with E-state index >= 15 is 0 Å². The molecule has 2 bridgehead atoms. The molecule has 0 heterocycles. The van der Waals surface area contributed by atoms with Crippen LogP contribution in [0.5, 0.6) is 0 Å². The molecule has 0 aliphatic heterocycles. The summed E-state index contributed by atoms with van der Waals surface area (Å²) in [6.45, 7) is 4.32. The largest absolute Gasteiger partial charge is 0.411 e. The van der Waals surface area contributed by atoms with Gasteiger partial charge in [-0.05, 0) is 30.6 Å². The maximum Gasteiger partial charge on any atom is 0.0638 e. The van der Waals surface area contributed by atoms with Gasteiger partial charge in [0.15, 0.2) is 0 Å². The molecule has 0 saturated heterocycles. The molecule has 0 spiro atoms. The molecule has 2 saturated carbocycles. The van der Waals surface area contributed by atoms with Crippen LogP contribution in [-0.4, -0.2) is 10.9 Å². The SMILES string of the molecule is C[C@@]12CC[C@@H](C/C1=N/O)[C@@]2(C)CC#N. The molecule has 14 heavy (non-hydrogen) atoms. The van der Waals surface area contributed by atoms with Gasteiger partial charge in [0.2, 0.25) is 0 Å². The highest BCUT2D eigenvalue weighted by Gasteiger charge is 2.62. The highest BCUT2D eigenvalue weighted by Crippen LogP contribution is 2.65. The second-order valence-corrected chi connectivity index (χ2v) is 5.07. The normalized spacial score (nSPS) is 48.4. The second-order valence-electron chi connectivity index (χ2n) is 5.07. The van der Waals surface area contributed by atoms with Crippen LogP contribution >= 0.6 is 0 Å². The standard InChI is InChI=1S/C11H16N2O/c1-10(5-6-12)8-3-4-11(10,2)9(7-8)13-14/h8,14H,3-5,7H2,1-2H3/b13-9-/t8-,10+,11+/m0/s1. The molecule has 0 aromatic rings. The number of hydrogen-bond donors (Lipinski definition) is 1. The van der Waals surface area contributed by atoms with Crippen LogP contribution in [0, 0.1) is 28.1 Å². The minimum absolute atomic E-state index is 0.0311. The molecule has 3 nitrogen and oxygen atoms in total. The van der Waals surface area contributed by atoms with Crippen LogP contribution in [0.4, 0.5) is 0 Å². The number of hydrogen-bond acceptors (Lipinski definition) is 3. The van der Waals surface area contributed by atoms with E-state index in [0.29, 0.717) is 12.3 Å². The Kier molecular flexibility index (Phi) is 1.85. The molecular formula is C11H16N2O. The van der Waals surface area contributed by atoms with E-state index in [1.54, 1.807) is 0 Å². The van der Waals surface area contributed by atoms with E-state index in [0.717, 1.165) is 18.6 Å². The highest BCUT2D eigenvalue weighted by molar-refractivity contribution is 5.93. The summed E-state index contributed by atoms with van der Waals surface area (Å²) in [4.78, 5) is 0. The van der Waals surface area contributed by atoms with Crippen molar-refractivity contribution in [3.05, 3.63) is 0 Å². The monoisotopic (exact) mass is 192 g/mol. The number of oxime groups is 1. The third-order valence-electron chi connectivity index (χ3n) is 4.80. The molecule has 0 aromatic heterocycles. The van der Waals surface area contributed by atoms with E-state index in [9.17, 15) is 0 Å². The van der Waals surface area contributed by atoms with Gasteiger partial charge in [-0.1, -0.05) is 19.0 Å². The van der Waals surface area contributed by atoms with Crippen LogP contribution in [0.1, 0.15) is 39.5 Å². The molecule has 0 unspecified atom stereocenters. The second kappa shape index (κ2) is 2.73. The first-order valence-electron chi connectivity index (χ1n) is 5.17. The van der Waals surface area contributed by atoms with E-state index in [-0.39, 0.29) is 10.8 Å². The maximum absolute atomic E-state index is 8.96. The summed E-state index contributed by atoms with van der Waals surface area (Å²) in [5, 5.41) is 21.3. The Labute approximate surface area is 84.4 Å². The Morgan fingerprint density at radius 2 is 2.36 bits per heavy atom.